The lowest BCUT2D eigenvalue weighted by Crippen LogP contribution is -2.44. The van der Waals surface area contributed by atoms with Crippen molar-refractivity contribution in [2.45, 2.75) is 0 Å². The Labute approximate surface area is 187 Å². The highest BCUT2D eigenvalue weighted by Crippen LogP contribution is 2.47. The van der Waals surface area contributed by atoms with Crippen LogP contribution in [-0.2, 0) is 0 Å². The van der Waals surface area contributed by atoms with Gasteiger partial charge in [0.2, 0.25) is 0 Å². The molecule has 152 valence electrons. The Balaban J connectivity index is 1.89. The Morgan fingerprint density at radius 1 is 0.344 bits per heavy atom. The van der Waals surface area contributed by atoms with Crippen molar-refractivity contribution >= 4 is 38.9 Å². The molecule has 2 nitrogen and oxygen atoms in total. The summed E-state index contributed by atoms with van der Waals surface area (Å²) in [6.07, 6.45) is 0. The van der Waals surface area contributed by atoms with Crippen LogP contribution in [0.5, 0.6) is 0 Å². The second kappa shape index (κ2) is 7.52. The van der Waals surface area contributed by atoms with Crippen molar-refractivity contribution in [3.8, 4) is 0 Å². The van der Waals surface area contributed by atoms with Crippen molar-refractivity contribution in [1.82, 2.24) is 9.27 Å². The van der Waals surface area contributed by atoms with Crippen LogP contribution in [-0.4, -0.2) is 4.68 Å². The van der Waals surface area contributed by atoms with E-state index in [0.717, 1.165) is 0 Å². The lowest BCUT2D eigenvalue weighted by atomic mass is 10.1. The second-order valence-corrected chi connectivity index (χ2v) is 7.99. The predicted molar refractivity (Wildman–Crippen MR) is 135 cm³/mol. The van der Waals surface area contributed by atoms with E-state index >= 15 is 0 Å². The molecule has 0 fully saturated rings. The van der Waals surface area contributed by atoms with Crippen molar-refractivity contribution in [1.29, 1.82) is 0 Å². The first-order chi connectivity index (χ1) is 15.9. The molecule has 6 aromatic rings. The normalized spacial score (nSPS) is 11.8. The van der Waals surface area contributed by atoms with Gasteiger partial charge in [-0.3, -0.25) is 0 Å². The van der Waals surface area contributed by atoms with E-state index in [1.807, 2.05) is 0 Å². The van der Waals surface area contributed by atoms with E-state index in [0.29, 0.717) is 4.59 Å². The van der Waals surface area contributed by atoms with E-state index in [4.69, 9.17) is 0 Å². The predicted octanol–water partition coefficient (Wildman–Crippen LogP) is 8.23. The SMILES string of the molecule is c1ccc([N+](c2ccccc2)(c2ccccc2)n2c3ccccc3c3ccccc32)cc1. The zero-order valence-electron chi connectivity index (χ0n) is 17.7. The smallest absolute Gasteiger partial charge is 0.168 e. The van der Waals surface area contributed by atoms with Gasteiger partial charge in [-0.05, 0) is 12.1 Å². The summed E-state index contributed by atoms with van der Waals surface area (Å²) in [7, 11) is 0. The van der Waals surface area contributed by atoms with Crippen LogP contribution < -0.4 is 4.59 Å². The van der Waals surface area contributed by atoms with E-state index < -0.39 is 0 Å². The van der Waals surface area contributed by atoms with Crippen LogP contribution in [0.1, 0.15) is 0 Å². The van der Waals surface area contributed by atoms with Crippen LogP contribution in [0.4, 0.5) is 17.1 Å². The highest BCUT2D eigenvalue weighted by Gasteiger charge is 2.41. The average molecular weight is 412 g/mol. The van der Waals surface area contributed by atoms with E-state index in [1.165, 1.54) is 38.9 Å². The van der Waals surface area contributed by atoms with E-state index in [-0.39, 0.29) is 0 Å². The van der Waals surface area contributed by atoms with Crippen molar-refractivity contribution in [3.63, 3.8) is 0 Å². The van der Waals surface area contributed by atoms with Crippen molar-refractivity contribution < 1.29 is 0 Å². The molecule has 0 unspecified atom stereocenters. The topological polar surface area (TPSA) is 4.93 Å². The molecule has 0 N–H and O–H groups in total. The Morgan fingerprint density at radius 3 is 1.03 bits per heavy atom. The van der Waals surface area contributed by atoms with Crippen LogP contribution in [0, 0.1) is 0 Å². The highest BCUT2D eigenvalue weighted by atomic mass is 15.7. The summed E-state index contributed by atoms with van der Waals surface area (Å²) < 4.78 is 2.92. The van der Waals surface area contributed by atoms with Crippen LogP contribution in [0.15, 0.2) is 140 Å². The van der Waals surface area contributed by atoms with Gasteiger partial charge in [0, 0.05) is 47.2 Å². The number of para-hydroxylation sites is 5. The van der Waals surface area contributed by atoms with Gasteiger partial charge in [0.05, 0.1) is 0 Å². The van der Waals surface area contributed by atoms with Crippen molar-refractivity contribution in [2.24, 2.45) is 0 Å². The minimum atomic E-state index is 0.441. The van der Waals surface area contributed by atoms with Gasteiger partial charge in [-0.15, -0.1) is 4.59 Å². The molecule has 0 saturated heterocycles. The molecular formula is C30H23N2+. The highest BCUT2D eigenvalue weighted by molar-refractivity contribution is 6.08. The van der Waals surface area contributed by atoms with Crippen molar-refractivity contribution in [2.75, 3.05) is 0 Å². The second-order valence-electron chi connectivity index (χ2n) is 7.99. The Bertz CT molecular complexity index is 1350. The summed E-state index contributed by atoms with van der Waals surface area (Å²) in [6, 6.07) is 49.8. The zero-order chi connectivity index (χ0) is 21.4. The molecule has 0 amide bonds. The molecule has 0 atom stereocenters. The fourth-order valence-electron chi connectivity index (χ4n) is 4.95. The maximum absolute atomic E-state index is 2.48. The standard InChI is InChI=1S/C30H23N2/c1-4-14-24(15-5-1)32(25-16-6-2-7-17-25,26-18-8-3-9-19-26)31-29-22-12-10-20-27(29)28-21-11-13-23-30(28)31/h1-23H/q+1. The summed E-state index contributed by atoms with van der Waals surface area (Å²) in [4.78, 5) is 0. The fraction of sp³-hybridized carbons (Fsp3) is 0. The van der Waals surface area contributed by atoms with Gasteiger partial charge in [0.1, 0.15) is 11.0 Å². The van der Waals surface area contributed by atoms with Crippen LogP contribution >= 0.6 is 0 Å². The van der Waals surface area contributed by atoms with E-state index in [2.05, 4.69) is 144 Å². The van der Waals surface area contributed by atoms with Gasteiger partial charge in [-0.2, -0.15) is 4.68 Å². The van der Waals surface area contributed by atoms with Crippen LogP contribution in [0.25, 0.3) is 21.8 Å². The summed E-state index contributed by atoms with van der Waals surface area (Å²) >= 11 is 0. The molecule has 6 rings (SSSR count). The number of benzene rings is 5. The maximum atomic E-state index is 2.48. The monoisotopic (exact) mass is 411 g/mol. The quantitative estimate of drug-likeness (QED) is 0.257. The summed E-state index contributed by atoms with van der Waals surface area (Å²) in [5, 5.41) is 2.52. The molecule has 0 radical (unpaired) electrons. The lowest BCUT2D eigenvalue weighted by molar-refractivity contribution is 0.446. The first-order valence-electron chi connectivity index (χ1n) is 11.0. The zero-order valence-corrected chi connectivity index (χ0v) is 17.7. The molecule has 32 heavy (non-hydrogen) atoms. The molecule has 0 aliphatic heterocycles. The molecule has 1 heterocycles. The maximum Gasteiger partial charge on any atom is 0.168 e. The van der Waals surface area contributed by atoms with Crippen LogP contribution in [0.2, 0.25) is 0 Å². The Kier molecular flexibility index (Phi) is 4.38. The molecule has 2 heteroatoms. The number of hydrogen-bond donors (Lipinski definition) is 0. The lowest BCUT2D eigenvalue weighted by Gasteiger charge is -2.38. The number of aromatic nitrogens is 1. The Hall–Kier alpha value is -4.14. The number of nitrogens with zero attached hydrogens (tertiary/aromatic N) is 2. The van der Waals surface area contributed by atoms with Gasteiger partial charge in [-0.25, -0.2) is 0 Å². The summed E-state index contributed by atoms with van der Waals surface area (Å²) in [5.41, 5.74) is 5.93. The van der Waals surface area contributed by atoms with Crippen molar-refractivity contribution in [3.05, 3.63) is 140 Å². The van der Waals surface area contributed by atoms with Gasteiger partial charge in [0.15, 0.2) is 17.1 Å². The van der Waals surface area contributed by atoms with Gasteiger partial charge < -0.3 is 0 Å². The molecule has 0 spiro atoms. The molecular weight excluding hydrogens is 388 g/mol. The van der Waals surface area contributed by atoms with E-state index in [1.54, 1.807) is 0 Å². The van der Waals surface area contributed by atoms with E-state index in [9.17, 15) is 0 Å². The first-order valence-corrected chi connectivity index (χ1v) is 11.0. The third-order valence-corrected chi connectivity index (χ3v) is 6.24. The minimum absolute atomic E-state index is 0.441. The van der Waals surface area contributed by atoms with Gasteiger partial charge in [0.25, 0.3) is 0 Å². The fourth-order valence-corrected chi connectivity index (χ4v) is 4.95. The number of rotatable bonds is 4. The average Bonchev–Trinajstić information content (AvgIpc) is 3.22. The van der Waals surface area contributed by atoms with Gasteiger partial charge in [-0.1, -0.05) is 91.0 Å². The minimum Gasteiger partial charge on any atom is -0.176 e. The number of fused-ring (bicyclic) bond motifs is 3. The number of hydrogen-bond acceptors (Lipinski definition) is 0. The van der Waals surface area contributed by atoms with Gasteiger partial charge >= 0.3 is 0 Å². The molecule has 0 bridgehead atoms. The summed E-state index contributed by atoms with van der Waals surface area (Å²) in [5.74, 6) is 0. The molecule has 0 aliphatic carbocycles. The summed E-state index contributed by atoms with van der Waals surface area (Å²) in [6.45, 7) is 0. The van der Waals surface area contributed by atoms with Crippen LogP contribution in [0.3, 0.4) is 0 Å². The molecule has 1 aromatic heterocycles. The molecule has 5 aromatic carbocycles. The third kappa shape index (κ3) is 2.64. The molecule has 0 aliphatic rings. The third-order valence-electron chi connectivity index (χ3n) is 6.24. The largest absolute Gasteiger partial charge is 0.176 e. The number of quaternary nitrogens is 1. The Morgan fingerprint density at radius 2 is 0.656 bits per heavy atom. The molecule has 0 saturated carbocycles. The first kappa shape index (κ1) is 18.6.